The van der Waals surface area contributed by atoms with Gasteiger partial charge in [-0.25, -0.2) is 8.42 Å². The quantitative estimate of drug-likeness (QED) is 0.385. The van der Waals surface area contributed by atoms with Crippen LogP contribution in [0.3, 0.4) is 0 Å². The molecular formula is C25H22Cl2N2O3S. The molecule has 1 aliphatic heterocycles. The van der Waals surface area contributed by atoms with Crippen LogP contribution in [0.15, 0.2) is 77.7 Å². The number of fused-ring (bicyclic) bond motifs is 3. The van der Waals surface area contributed by atoms with E-state index in [9.17, 15) is 8.42 Å². The Balaban J connectivity index is 1.49. The molecule has 0 radical (unpaired) electrons. The molecule has 3 atom stereocenters. The number of allylic oxidation sites excluding steroid dienone is 2. The molecular weight excluding hydrogens is 479 g/mol. The minimum Gasteiger partial charge on any atom is -0.497 e. The monoisotopic (exact) mass is 500 g/mol. The Labute approximate surface area is 203 Å². The fourth-order valence-corrected chi connectivity index (χ4v) is 6.31. The van der Waals surface area contributed by atoms with E-state index in [1.807, 2.05) is 18.2 Å². The van der Waals surface area contributed by atoms with Crippen molar-refractivity contribution in [2.24, 2.45) is 5.92 Å². The number of benzene rings is 3. The lowest BCUT2D eigenvalue weighted by Gasteiger charge is -2.38. The van der Waals surface area contributed by atoms with Crippen molar-refractivity contribution in [2.45, 2.75) is 23.3 Å². The molecule has 1 aliphatic carbocycles. The highest BCUT2D eigenvalue weighted by molar-refractivity contribution is 7.92. The second-order valence-electron chi connectivity index (χ2n) is 8.23. The summed E-state index contributed by atoms with van der Waals surface area (Å²) in [7, 11) is -2.23. The number of rotatable bonds is 5. The Kier molecular flexibility index (Phi) is 5.77. The number of halogens is 2. The molecule has 0 bridgehead atoms. The summed E-state index contributed by atoms with van der Waals surface area (Å²) in [5.41, 5.74) is 3.30. The molecule has 0 amide bonds. The highest BCUT2D eigenvalue weighted by atomic mass is 35.5. The zero-order valence-corrected chi connectivity index (χ0v) is 20.1. The maximum atomic E-state index is 13.1. The minimum atomic E-state index is -3.77. The maximum absolute atomic E-state index is 13.1. The molecule has 1 heterocycles. The molecule has 2 aliphatic rings. The van der Waals surface area contributed by atoms with Crippen LogP contribution in [0.4, 0.5) is 11.4 Å². The van der Waals surface area contributed by atoms with Gasteiger partial charge in [-0.05, 0) is 65.9 Å². The second kappa shape index (κ2) is 8.60. The van der Waals surface area contributed by atoms with Gasteiger partial charge in [-0.3, -0.25) is 4.72 Å². The molecule has 0 unspecified atom stereocenters. The Morgan fingerprint density at radius 1 is 1.03 bits per heavy atom. The van der Waals surface area contributed by atoms with Crippen molar-refractivity contribution in [3.8, 4) is 5.75 Å². The highest BCUT2D eigenvalue weighted by Gasteiger charge is 2.39. The normalized spacial score (nSPS) is 21.1. The number of nitrogens with one attached hydrogen (secondary N) is 2. The zero-order chi connectivity index (χ0) is 23.2. The van der Waals surface area contributed by atoms with Crippen LogP contribution in [0.2, 0.25) is 10.0 Å². The van der Waals surface area contributed by atoms with E-state index in [0.29, 0.717) is 21.5 Å². The first-order valence-corrected chi connectivity index (χ1v) is 12.8. The van der Waals surface area contributed by atoms with E-state index in [1.54, 1.807) is 49.6 Å². The summed E-state index contributed by atoms with van der Waals surface area (Å²) in [6.45, 7) is 0. The van der Waals surface area contributed by atoms with E-state index in [2.05, 4.69) is 22.2 Å². The molecule has 0 aromatic heterocycles. The lowest BCUT2D eigenvalue weighted by Crippen LogP contribution is -2.29. The molecule has 0 saturated heterocycles. The second-order valence-corrected chi connectivity index (χ2v) is 10.8. The van der Waals surface area contributed by atoms with Crippen molar-refractivity contribution in [1.82, 2.24) is 0 Å². The average molecular weight is 501 g/mol. The lowest BCUT2D eigenvalue weighted by atomic mass is 9.77. The fraction of sp³-hybridized carbons (Fsp3) is 0.200. The molecule has 0 spiro atoms. The van der Waals surface area contributed by atoms with Crippen LogP contribution in [0.25, 0.3) is 0 Å². The van der Waals surface area contributed by atoms with Crippen LogP contribution in [-0.4, -0.2) is 15.5 Å². The van der Waals surface area contributed by atoms with Gasteiger partial charge in [0.15, 0.2) is 0 Å². The molecule has 5 nitrogen and oxygen atoms in total. The minimum absolute atomic E-state index is 0.000340. The average Bonchev–Trinajstić information content (AvgIpc) is 3.29. The van der Waals surface area contributed by atoms with Gasteiger partial charge >= 0.3 is 0 Å². The van der Waals surface area contributed by atoms with Gasteiger partial charge in [-0.2, -0.15) is 0 Å². The third-order valence-electron chi connectivity index (χ3n) is 6.26. The molecule has 2 N–H and O–H groups in total. The van der Waals surface area contributed by atoms with Gasteiger partial charge in [0.2, 0.25) is 0 Å². The van der Waals surface area contributed by atoms with Crippen molar-refractivity contribution >= 4 is 44.6 Å². The van der Waals surface area contributed by atoms with Gasteiger partial charge in [-0.1, -0.05) is 47.5 Å². The SMILES string of the molecule is COc1cccc(NS(=O)(=O)c2ccc3c(c2)[C@H]2C=CC[C@H]2[C@@H](c2ccc(Cl)cc2Cl)N3)c1. The summed E-state index contributed by atoms with van der Waals surface area (Å²) in [6.07, 6.45) is 5.19. The smallest absolute Gasteiger partial charge is 0.261 e. The van der Waals surface area contributed by atoms with E-state index in [0.717, 1.165) is 23.2 Å². The summed E-state index contributed by atoms with van der Waals surface area (Å²) in [5.74, 6) is 0.890. The summed E-state index contributed by atoms with van der Waals surface area (Å²) in [4.78, 5) is 0.216. The Morgan fingerprint density at radius 3 is 2.67 bits per heavy atom. The highest BCUT2D eigenvalue weighted by Crippen LogP contribution is 2.51. The molecule has 8 heteroatoms. The molecule has 3 aromatic carbocycles. The number of hydrogen-bond acceptors (Lipinski definition) is 4. The summed E-state index contributed by atoms with van der Waals surface area (Å²) in [6, 6.07) is 17.6. The Hall–Kier alpha value is -2.67. The number of sulfonamides is 1. The van der Waals surface area contributed by atoms with Crippen molar-refractivity contribution < 1.29 is 13.2 Å². The topological polar surface area (TPSA) is 67.4 Å². The summed E-state index contributed by atoms with van der Waals surface area (Å²) >= 11 is 12.6. The van der Waals surface area contributed by atoms with Crippen LogP contribution in [0.5, 0.6) is 5.75 Å². The molecule has 5 rings (SSSR count). The van der Waals surface area contributed by atoms with Crippen LogP contribution >= 0.6 is 23.2 Å². The van der Waals surface area contributed by atoms with Crippen molar-refractivity contribution in [3.05, 3.63) is 94.0 Å². The van der Waals surface area contributed by atoms with Crippen LogP contribution < -0.4 is 14.8 Å². The van der Waals surface area contributed by atoms with E-state index >= 15 is 0 Å². The number of ether oxygens (including phenoxy) is 1. The molecule has 3 aromatic rings. The van der Waals surface area contributed by atoms with Crippen LogP contribution in [0.1, 0.15) is 29.5 Å². The van der Waals surface area contributed by atoms with Gasteiger partial charge < -0.3 is 10.1 Å². The van der Waals surface area contributed by atoms with E-state index in [-0.39, 0.29) is 22.8 Å². The predicted octanol–water partition coefficient (Wildman–Crippen LogP) is 6.63. The Bertz CT molecular complexity index is 1360. The van der Waals surface area contributed by atoms with Gasteiger partial charge in [0.25, 0.3) is 10.0 Å². The molecule has 33 heavy (non-hydrogen) atoms. The molecule has 0 saturated carbocycles. The summed E-state index contributed by atoms with van der Waals surface area (Å²) in [5, 5.41) is 4.81. The van der Waals surface area contributed by atoms with Crippen LogP contribution in [0, 0.1) is 5.92 Å². The number of anilines is 2. The maximum Gasteiger partial charge on any atom is 0.261 e. The first kappa shape index (κ1) is 22.1. The largest absolute Gasteiger partial charge is 0.497 e. The zero-order valence-electron chi connectivity index (χ0n) is 17.8. The molecule has 170 valence electrons. The molecule has 0 fully saturated rings. The van der Waals surface area contributed by atoms with Crippen molar-refractivity contribution in [1.29, 1.82) is 0 Å². The van der Waals surface area contributed by atoms with E-state index in [1.165, 1.54) is 0 Å². The van der Waals surface area contributed by atoms with Crippen molar-refractivity contribution in [3.63, 3.8) is 0 Å². The number of hydrogen-bond donors (Lipinski definition) is 2. The van der Waals surface area contributed by atoms with Crippen LogP contribution in [-0.2, 0) is 10.0 Å². The van der Waals surface area contributed by atoms with Gasteiger partial charge in [0.1, 0.15) is 5.75 Å². The first-order valence-electron chi connectivity index (χ1n) is 10.5. The first-order chi connectivity index (χ1) is 15.9. The van der Waals surface area contributed by atoms with Crippen molar-refractivity contribution in [2.75, 3.05) is 17.1 Å². The van der Waals surface area contributed by atoms with E-state index < -0.39 is 10.0 Å². The predicted molar refractivity (Wildman–Crippen MR) is 133 cm³/mol. The fourth-order valence-electron chi connectivity index (χ4n) is 4.70. The van der Waals surface area contributed by atoms with Gasteiger partial charge in [-0.15, -0.1) is 0 Å². The van der Waals surface area contributed by atoms with Gasteiger partial charge in [0.05, 0.1) is 23.7 Å². The lowest BCUT2D eigenvalue weighted by molar-refractivity contribution is 0.415. The third kappa shape index (κ3) is 4.19. The Morgan fingerprint density at radius 2 is 1.88 bits per heavy atom. The number of methoxy groups -OCH3 is 1. The standard InChI is InChI=1S/C25H22Cl2N2O3S/c1-32-17-5-2-4-16(13-17)29-33(30,31)18-9-11-24-22(14-18)19-6-3-7-20(19)25(28-24)21-10-8-15(26)12-23(21)27/h2-6,8-14,19-20,25,28-29H,7H2,1H3/t19-,20+,25-/m0/s1. The third-order valence-corrected chi connectivity index (χ3v) is 8.21. The van der Waals surface area contributed by atoms with E-state index in [4.69, 9.17) is 27.9 Å². The van der Waals surface area contributed by atoms with Gasteiger partial charge in [0, 0.05) is 27.7 Å². The summed E-state index contributed by atoms with van der Waals surface area (Å²) < 4.78 is 34.1.